The molecule has 32 heavy (non-hydrogen) atoms. The van der Waals surface area contributed by atoms with Gasteiger partial charge >= 0.3 is 0 Å². The molecule has 162 valence electrons. The third-order valence-corrected chi connectivity index (χ3v) is 7.01. The van der Waals surface area contributed by atoms with Crippen molar-refractivity contribution >= 4 is 32.7 Å². The van der Waals surface area contributed by atoms with E-state index in [4.69, 9.17) is 4.98 Å². The van der Waals surface area contributed by atoms with Crippen LogP contribution >= 0.6 is 0 Å². The zero-order valence-corrected chi connectivity index (χ0v) is 18.3. The predicted octanol–water partition coefficient (Wildman–Crippen LogP) is 3.93. The third-order valence-electron chi connectivity index (χ3n) is 5.49. The number of carbonyl (C=O) groups excluding carboxylic acids is 1. The van der Waals surface area contributed by atoms with Crippen molar-refractivity contribution in [3.05, 3.63) is 78.4 Å². The molecule has 2 N–H and O–H groups in total. The van der Waals surface area contributed by atoms with E-state index in [0.29, 0.717) is 5.69 Å². The smallest absolute Gasteiger partial charge is 0.255 e. The van der Waals surface area contributed by atoms with Crippen LogP contribution in [-0.4, -0.2) is 29.9 Å². The van der Waals surface area contributed by atoms with Gasteiger partial charge in [0.25, 0.3) is 5.91 Å². The fraction of sp³-hybridized carbons (Fsp3) is 0.167. The average Bonchev–Trinajstić information content (AvgIpc) is 3.54. The largest absolute Gasteiger partial charge is 0.327 e. The maximum atomic E-state index is 12.7. The van der Waals surface area contributed by atoms with Crippen LogP contribution in [0.1, 0.15) is 23.2 Å². The predicted molar refractivity (Wildman–Crippen MR) is 124 cm³/mol. The molecule has 3 aromatic carbocycles. The molecule has 0 saturated heterocycles. The molecule has 0 unspecified atom stereocenters. The molecular formula is C24H22N4O3S. The molecule has 1 amide bonds. The lowest BCUT2D eigenvalue weighted by molar-refractivity contribution is 0.102. The van der Waals surface area contributed by atoms with Gasteiger partial charge in [0.15, 0.2) is 0 Å². The minimum atomic E-state index is -3.62. The van der Waals surface area contributed by atoms with Crippen LogP contribution in [0.4, 0.5) is 5.69 Å². The number of amides is 1. The first-order valence-electron chi connectivity index (χ1n) is 10.4. The molecule has 5 rings (SSSR count). The fourth-order valence-corrected chi connectivity index (χ4v) is 4.95. The maximum Gasteiger partial charge on any atom is 0.255 e. The summed E-state index contributed by atoms with van der Waals surface area (Å²) >= 11 is 0. The zero-order chi connectivity index (χ0) is 22.3. The molecule has 1 fully saturated rings. The Morgan fingerprint density at radius 1 is 1.00 bits per heavy atom. The standard InChI is InChI=1S/C24H22N4O3S/c1-28-22-8-3-2-7-21(22)26-23(28)16-9-11-18(12-10-16)25-24(29)17-5-4-6-20(15-17)32(30,31)27-19-13-14-19/h2-12,15,19,27H,13-14H2,1H3,(H,25,29). The van der Waals surface area contributed by atoms with E-state index in [2.05, 4.69) is 10.0 Å². The van der Waals surface area contributed by atoms with E-state index in [-0.39, 0.29) is 22.4 Å². The van der Waals surface area contributed by atoms with Crippen LogP contribution in [0.3, 0.4) is 0 Å². The van der Waals surface area contributed by atoms with E-state index >= 15 is 0 Å². The van der Waals surface area contributed by atoms with Crippen LogP contribution in [0.25, 0.3) is 22.4 Å². The summed E-state index contributed by atoms with van der Waals surface area (Å²) in [4.78, 5) is 17.5. The van der Waals surface area contributed by atoms with E-state index < -0.39 is 10.0 Å². The number of nitrogens with one attached hydrogen (secondary N) is 2. The van der Waals surface area contributed by atoms with Gasteiger partial charge < -0.3 is 9.88 Å². The molecule has 4 aromatic rings. The summed E-state index contributed by atoms with van der Waals surface area (Å²) in [6.45, 7) is 0. The van der Waals surface area contributed by atoms with Gasteiger partial charge in [-0.1, -0.05) is 18.2 Å². The minimum Gasteiger partial charge on any atom is -0.327 e. The van der Waals surface area contributed by atoms with Crippen LogP contribution in [0.5, 0.6) is 0 Å². The van der Waals surface area contributed by atoms with Gasteiger partial charge in [0.05, 0.1) is 15.9 Å². The van der Waals surface area contributed by atoms with Gasteiger partial charge in [-0.3, -0.25) is 4.79 Å². The number of sulfonamides is 1. The maximum absolute atomic E-state index is 12.7. The first-order valence-corrected chi connectivity index (χ1v) is 11.8. The number of aryl methyl sites for hydroxylation is 1. The Bertz CT molecular complexity index is 1420. The summed E-state index contributed by atoms with van der Waals surface area (Å²) in [6.07, 6.45) is 1.70. The summed E-state index contributed by atoms with van der Waals surface area (Å²) < 4.78 is 29.5. The Morgan fingerprint density at radius 3 is 2.47 bits per heavy atom. The number of hydrogen-bond acceptors (Lipinski definition) is 4. The SMILES string of the molecule is Cn1c(-c2ccc(NC(=O)c3cccc(S(=O)(=O)NC4CC4)c3)cc2)nc2ccccc21. The molecule has 0 atom stereocenters. The Hall–Kier alpha value is -3.49. The second-order valence-corrected chi connectivity index (χ2v) is 9.65. The van der Waals surface area contributed by atoms with Crippen LogP contribution in [0.15, 0.2) is 77.7 Å². The van der Waals surface area contributed by atoms with Gasteiger partial charge in [-0.15, -0.1) is 0 Å². The summed E-state index contributed by atoms with van der Waals surface area (Å²) in [7, 11) is -1.65. The summed E-state index contributed by atoms with van der Waals surface area (Å²) in [6, 6.07) is 21.4. The number of nitrogens with zero attached hydrogens (tertiary/aromatic N) is 2. The number of carbonyl (C=O) groups is 1. The molecule has 0 bridgehead atoms. The van der Waals surface area contributed by atoms with Gasteiger partial charge in [0.1, 0.15) is 5.82 Å². The second-order valence-electron chi connectivity index (χ2n) is 7.94. The van der Waals surface area contributed by atoms with Crippen molar-refractivity contribution in [2.24, 2.45) is 7.05 Å². The lowest BCUT2D eigenvalue weighted by atomic mass is 10.1. The first-order chi connectivity index (χ1) is 15.4. The second kappa shape index (κ2) is 7.89. The van der Waals surface area contributed by atoms with Gasteiger partial charge in [0, 0.05) is 29.9 Å². The molecule has 0 spiro atoms. The number of hydrogen-bond donors (Lipinski definition) is 2. The zero-order valence-electron chi connectivity index (χ0n) is 17.4. The molecule has 1 aliphatic carbocycles. The van der Waals surface area contributed by atoms with Crippen LogP contribution in [0.2, 0.25) is 0 Å². The van der Waals surface area contributed by atoms with Gasteiger partial charge in [0.2, 0.25) is 10.0 Å². The highest BCUT2D eigenvalue weighted by Gasteiger charge is 2.28. The molecule has 7 nitrogen and oxygen atoms in total. The van der Waals surface area contributed by atoms with Crippen molar-refractivity contribution in [2.75, 3.05) is 5.32 Å². The molecule has 8 heteroatoms. The van der Waals surface area contributed by atoms with Gasteiger partial charge in [-0.05, 0) is 67.4 Å². The number of rotatable bonds is 6. The average molecular weight is 447 g/mol. The monoisotopic (exact) mass is 446 g/mol. The van der Waals surface area contributed by atoms with Gasteiger partial charge in [-0.25, -0.2) is 18.1 Å². The third kappa shape index (κ3) is 4.02. The Labute approximate surface area is 186 Å². The van der Waals surface area contributed by atoms with Crippen molar-refractivity contribution in [1.82, 2.24) is 14.3 Å². The van der Waals surface area contributed by atoms with Crippen LogP contribution in [0, 0.1) is 0 Å². The number of benzene rings is 3. The van der Waals surface area contributed by atoms with Crippen molar-refractivity contribution in [1.29, 1.82) is 0 Å². The number of anilines is 1. The van der Waals surface area contributed by atoms with E-state index in [1.807, 2.05) is 60.1 Å². The molecule has 0 radical (unpaired) electrons. The molecule has 0 aliphatic heterocycles. The summed E-state index contributed by atoms with van der Waals surface area (Å²) in [5.74, 6) is 0.467. The van der Waals surface area contributed by atoms with E-state index in [9.17, 15) is 13.2 Å². The van der Waals surface area contributed by atoms with E-state index in [1.54, 1.807) is 12.1 Å². The number of fused-ring (bicyclic) bond motifs is 1. The highest BCUT2D eigenvalue weighted by Crippen LogP contribution is 2.25. The van der Waals surface area contributed by atoms with Crippen molar-refractivity contribution in [3.8, 4) is 11.4 Å². The first kappa shape index (κ1) is 20.4. The van der Waals surface area contributed by atoms with Crippen LogP contribution < -0.4 is 10.0 Å². The highest BCUT2D eigenvalue weighted by atomic mass is 32.2. The minimum absolute atomic E-state index is 0.00677. The highest BCUT2D eigenvalue weighted by molar-refractivity contribution is 7.89. The van der Waals surface area contributed by atoms with Crippen LogP contribution in [-0.2, 0) is 17.1 Å². The van der Waals surface area contributed by atoms with Crippen molar-refractivity contribution in [2.45, 2.75) is 23.8 Å². The lowest BCUT2D eigenvalue weighted by Gasteiger charge is -2.09. The molecule has 1 aromatic heterocycles. The van der Waals surface area contributed by atoms with Crippen molar-refractivity contribution in [3.63, 3.8) is 0 Å². The molecular weight excluding hydrogens is 424 g/mol. The number of para-hydroxylation sites is 2. The molecule has 1 heterocycles. The molecule has 1 saturated carbocycles. The van der Waals surface area contributed by atoms with E-state index in [0.717, 1.165) is 35.3 Å². The Balaban J connectivity index is 1.34. The summed E-state index contributed by atoms with van der Waals surface area (Å²) in [5, 5.41) is 2.83. The Morgan fingerprint density at radius 2 is 1.75 bits per heavy atom. The number of aromatic nitrogens is 2. The Kier molecular flexibility index (Phi) is 5.03. The van der Waals surface area contributed by atoms with Gasteiger partial charge in [-0.2, -0.15) is 0 Å². The van der Waals surface area contributed by atoms with Crippen molar-refractivity contribution < 1.29 is 13.2 Å². The topological polar surface area (TPSA) is 93.1 Å². The molecule has 1 aliphatic rings. The number of imidazole rings is 1. The lowest BCUT2D eigenvalue weighted by Crippen LogP contribution is -2.26. The normalized spacial score (nSPS) is 13.9. The summed E-state index contributed by atoms with van der Waals surface area (Å²) in [5.41, 5.74) is 3.80. The quantitative estimate of drug-likeness (QED) is 0.469. The fourth-order valence-electron chi connectivity index (χ4n) is 3.60. The van der Waals surface area contributed by atoms with E-state index in [1.165, 1.54) is 12.1 Å².